The van der Waals surface area contributed by atoms with E-state index in [9.17, 15) is 9.59 Å². The van der Waals surface area contributed by atoms with Crippen LogP contribution < -0.4 is 5.73 Å². The molecule has 2 rings (SSSR count). The highest BCUT2D eigenvalue weighted by Crippen LogP contribution is 2.28. The number of nitrogens with zero attached hydrogens (tertiary/aromatic N) is 1. The Balaban J connectivity index is 1.82. The van der Waals surface area contributed by atoms with Gasteiger partial charge in [-0.05, 0) is 32.1 Å². The molecule has 2 unspecified atom stereocenters. The van der Waals surface area contributed by atoms with Gasteiger partial charge in [0.2, 0.25) is 5.91 Å². The first-order chi connectivity index (χ1) is 8.61. The normalized spacial score (nSPS) is 29.3. The van der Waals surface area contributed by atoms with Crippen LogP contribution in [0.15, 0.2) is 0 Å². The van der Waals surface area contributed by atoms with Gasteiger partial charge in [-0.1, -0.05) is 0 Å². The number of ether oxygens (including phenoxy) is 1. The number of rotatable bonds is 2. The molecule has 2 N–H and O–H groups in total. The fourth-order valence-electron chi connectivity index (χ4n) is 3.00. The number of nitrogens with two attached hydrogens (primary N) is 1. The van der Waals surface area contributed by atoms with Gasteiger partial charge in [0.25, 0.3) is 0 Å². The lowest BCUT2D eigenvalue weighted by atomic mass is 9.95. The number of hydrogen-bond donors (Lipinski definition) is 1. The lowest BCUT2D eigenvalue weighted by Crippen LogP contribution is -2.43. The van der Waals surface area contributed by atoms with E-state index in [2.05, 4.69) is 0 Å². The van der Waals surface area contributed by atoms with Gasteiger partial charge in [0, 0.05) is 25.0 Å². The molecule has 2 aliphatic rings. The van der Waals surface area contributed by atoms with Crippen LogP contribution in [0.5, 0.6) is 0 Å². The van der Waals surface area contributed by atoms with Crippen molar-refractivity contribution >= 4 is 11.9 Å². The van der Waals surface area contributed by atoms with Crippen molar-refractivity contribution in [1.82, 2.24) is 4.90 Å². The molecule has 1 amide bonds. The molecule has 0 bridgehead atoms. The number of hydrogen-bond acceptors (Lipinski definition) is 4. The van der Waals surface area contributed by atoms with Crippen molar-refractivity contribution in [2.75, 3.05) is 20.2 Å². The van der Waals surface area contributed by atoms with Gasteiger partial charge in [-0.15, -0.1) is 0 Å². The third-order valence-electron chi connectivity index (χ3n) is 4.16. The van der Waals surface area contributed by atoms with Gasteiger partial charge >= 0.3 is 5.97 Å². The van der Waals surface area contributed by atoms with E-state index < -0.39 is 0 Å². The van der Waals surface area contributed by atoms with Crippen LogP contribution in [-0.4, -0.2) is 43.0 Å². The van der Waals surface area contributed by atoms with Crippen molar-refractivity contribution in [2.24, 2.45) is 17.6 Å². The Bertz CT molecular complexity index is 324. The van der Waals surface area contributed by atoms with Crippen LogP contribution in [0.25, 0.3) is 0 Å². The smallest absolute Gasteiger partial charge is 0.308 e. The molecule has 102 valence electrons. The second kappa shape index (κ2) is 5.69. The van der Waals surface area contributed by atoms with Gasteiger partial charge in [-0.25, -0.2) is 0 Å². The highest BCUT2D eigenvalue weighted by atomic mass is 16.5. The summed E-state index contributed by atoms with van der Waals surface area (Å²) in [6, 6.07) is 0.187. The Labute approximate surface area is 108 Å². The molecule has 1 aliphatic carbocycles. The molecule has 18 heavy (non-hydrogen) atoms. The van der Waals surface area contributed by atoms with E-state index in [1.807, 2.05) is 4.90 Å². The molecule has 0 spiro atoms. The van der Waals surface area contributed by atoms with E-state index in [-0.39, 0.29) is 29.8 Å². The molecule has 0 aromatic heterocycles. The summed E-state index contributed by atoms with van der Waals surface area (Å²) in [5, 5.41) is 0. The largest absolute Gasteiger partial charge is 0.469 e. The number of methoxy groups -OCH3 is 1. The molecule has 1 aliphatic heterocycles. The first-order valence-electron chi connectivity index (χ1n) is 6.74. The Morgan fingerprint density at radius 1 is 1.11 bits per heavy atom. The summed E-state index contributed by atoms with van der Waals surface area (Å²) in [7, 11) is 1.42. The number of likely N-dealkylation sites (tertiary alicyclic amines) is 1. The zero-order chi connectivity index (χ0) is 13.1. The summed E-state index contributed by atoms with van der Waals surface area (Å²) in [4.78, 5) is 25.5. The average Bonchev–Trinajstić information content (AvgIpc) is 2.84. The molecule has 1 saturated heterocycles. The SMILES string of the molecule is COC(=O)C1CCN(C(=O)C2CCC(N)C2)CC1. The van der Waals surface area contributed by atoms with Crippen LogP contribution in [0.2, 0.25) is 0 Å². The van der Waals surface area contributed by atoms with Gasteiger partial charge in [0.15, 0.2) is 0 Å². The number of carbonyl (C=O) groups is 2. The minimum Gasteiger partial charge on any atom is -0.469 e. The first kappa shape index (κ1) is 13.3. The third-order valence-corrected chi connectivity index (χ3v) is 4.16. The second-order valence-corrected chi connectivity index (χ2v) is 5.39. The monoisotopic (exact) mass is 254 g/mol. The van der Waals surface area contributed by atoms with Crippen LogP contribution in [0.4, 0.5) is 0 Å². The lowest BCUT2D eigenvalue weighted by molar-refractivity contribution is -0.149. The Hall–Kier alpha value is -1.10. The van der Waals surface area contributed by atoms with Crippen LogP contribution in [0.3, 0.4) is 0 Å². The van der Waals surface area contributed by atoms with E-state index in [1.54, 1.807) is 0 Å². The topological polar surface area (TPSA) is 72.6 Å². The number of piperidine rings is 1. The standard InChI is InChI=1S/C13H22N2O3/c1-18-13(17)9-4-6-15(7-5-9)12(16)10-2-3-11(14)8-10/h9-11H,2-8,14H2,1H3. The highest BCUT2D eigenvalue weighted by molar-refractivity contribution is 5.80. The summed E-state index contributed by atoms with van der Waals surface area (Å²) in [5.41, 5.74) is 5.84. The Morgan fingerprint density at radius 2 is 1.78 bits per heavy atom. The van der Waals surface area contributed by atoms with Crippen molar-refractivity contribution in [2.45, 2.75) is 38.1 Å². The summed E-state index contributed by atoms with van der Waals surface area (Å²) in [5.74, 6) is 0.149. The predicted molar refractivity (Wildman–Crippen MR) is 66.6 cm³/mol. The van der Waals surface area contributed by atoms with E-state index in [0.717, 1.165) is 32.1 Å². The van der Waals surface area contributed by atoms with Crippen molar-refractivity contribution in [3.8, 4) is 0 Å². The maximum absolute atomic E-state index is 12.2. The van der Waals surface area contributed by atoms with E-state index >= 15 is 0 Å². The number of amides is 1. The van der Waals surface area contributed by atoms with E-state index in [4.69, 9.17) is 10.5 Å². The number of esters is 1. The molecule has 1 saturated carbocycles. The quantitative estimate of drug-likeness (QED) is 0.729. The lowest BCUT2D eigenvalue weighted by Gasteiger charge is -2.32. The van der Waals surface area contributed by atoms with Crippen LogP contribution in [0.1, 0.15) is 32.1 Å². The van der Waals surface area contributed by atoms with Crippen molar-refractivity contribution in [3.05, 3.63) is 0 Å². The summed E-state index contributed by atoms with van der Waals surface area (Å²) in [6.45, 7) is 1.34. The van der Waals surface area contributed by atoms with Crippen molar-refractivity contribution in [1.29, 1.82) is 0 Å². The molecule has 5 nitrogen and oxygen atoms in total. The zero-order valence-corrected chi connectivity index (χ0v) is 10.9. The average molecular weight is 254 g/mol. The Kier molecular flexibility index (Phi) is 4.22. The maximum Gasteiger partial charge on any atom is 0.308 e. The third kappa shape index (κ3) is 2.83. The van der Waals surface area contributed by atoms with Crippen molar-refractivity contribution in [3.63, 3.8) is 0 Å². The summed E-state index contributed by atoms with van der Waals surface area (Å²) in [6.07, 6.45) is 4.12. The molecule has 5 heteroatoms. The summed E-state index contributed by atoms with van der Waals surface area (Å²) < 4.78 is 4.74. The molecule has 2 fully saturated rings. The van der Waals surface area contributed by atoms with Gasteiger partial charge in [0.1, 0.15) is 0 Å². The van der Waals surface area contributed by atoms with Crippen LogP contribution in [-0.2, 0) is 14.3 Å². The van der Waals surface area contributed by atoms with Crippen molar-refractivity contribution < 1.29 is 14.3 Å². The molecule has 2 atom stereocenters. The van der Waals surface area contributed by atoms with Crippen LogP contribution >= 0.6 is 0 Å². The van der Waals surface area contributed by atoms with E-state index in [0.29, 0.717) is 13.1 Å². The van der Waals surface area contributed by atoms with Gasteiger partial charge < -0.3 is 15.4 Å². The minimum absolute atomic E-state index is 0.0371. The first-order valence-corrected chi connectivity index (χ1v) is 6.74. The highest BCUT2D eigenvalue weighted by Gasteiger charge is 2.34. The van der Waals surface area contributed by atoms with Crippen LogP contribution in [0, 0.1) is 11.8 Å². The molecular formula is C13H22N2O3. The fraction of sp³-hybridized carbons (Fsp3) is 0.846. The minimum atomic E-state index is -0.148. The van der Waals surface area contributed by atoms with E-state index in [1.165, 1.54) is 7.11 Å². The molecule has 0 radical (unpaired) electrons. The second-order valence-electron chi connectivity index (χ2n) is 5.39. The molecule has 1 heterocycles. The number of carbonyl (C=O) groups excluding carboxylic acids is 2. The van der Waals surface area contributed by atoms with Gasteiger partial charge in [-0.2, -0.15) is 0 Å². The molecule has 0 aromatic carbocycles. The van der Waals surface area contributed by atoms with Gasteiger partial charge in [-0.3, -0.25) is 9.59 Å². The van der Waals surface area contributed by atoms with Gasteiger partial charge in [0.05, 0.1) is 13.0 Å². The summed E-state index contributed by atoms with van der Waals surface area (Å²) >= 11 is 0. The maximum atomic E-state index is 12.2. The predicted octanol–water partition coefficient (Wildman–Crippen LogP) is 0.525. The zero-order valence-electron chi connectivity index (χ0n) is 10.9. The Morgan fingerprint density at radius 3 is 2.28 bits per heavy atom. The molecular weight excluding hydrogens is 232 g/mol. The molecule has 0 aromatic rings. The fourth-order valence-corrected chi connectivity index (χ4v) is 3.00.